The average molecular weight is 406 g/mol. The Labute approximate surface area is 178 Å². The minimum absolute atomic E-state index is 0.0606. The van der Waals surface area contributed by atoms with E-state index in [4.69, 9.17) is 4.74 Å². The molecule has 0 unspecified atom stereocenters. The summed E-state index contributed by atoms with van der Waals surface area (Å²) in [5, 5.41) is 7.20. The summed E-state index contributed by atoms with van der Waals surface area (Å²) < 4.78 is 5.54. The number of piperidine rings is 1. The van der Waals surface area contributed by atoms with Gasteiger partial charge in [0.2, 0.25) is 0 Å². The summed E-state index contributed by atoms with van der Waals surface area (Å²) in [7, 11) is 0. The lowest BCUT2D eigenvalue weighted by atomic mass is 9.84. The Morgan fingerprint density at radius 3 is 2.10 bits per heavy atom. The van der Waals surface area contributed by atoms with E-state index in [2.05, 4.69) is 22.8 Å². The molecule has 5 nitrogen and oxygen atoms in total. The zero-order valence-electron chi connectivity index (χ0n) is 17.3. The molecule has 0 bridgehead atoms. The van der Waals surface area contributed by atoms with E-state index >= 15 is 0 Å². The van der Waals surface area contributed by atoms with E-state index in [0.717, 1.165) is 31.6 Å². The molecule has 2 aromatic rings. The molecule has 1 amide bonds. The highest BCUT2D eigenvalue weighted by molar-refractivity contribution is 6.04. The zero-order chi connectivity index (χ0) is 20.8. The fourth-order valence-corrected chi connectivity index (χ4v) is 4.30. The molecule has 2 fully saturated rings. The third-order valence-electron chi connectivity index (χ3n) is 6.12. The normalized spacial score (nSPS) is 18.0. The van der Waals surface area contributed by atoms with Crippen molar-refractivity contribution < 1.29 is 14.3 Å². The van der Waals surface area contributed by atoms with E-state index in [1.165, 1.54) is 37.7 Å². The molecule has 2 aromatic carbocycles. The van der Waals surface area contributed by atoms with E-state index in [9.17, 15) is 9.59 Å². The van der Waals surface area contributed by atoms with Crippen molar-refractivity contribution in [2.45, 2.75) is 57.0 Å². The highest BCUT2D eigenvalue weighted by Crippen LogP contribution is 2.33. The summed E-state index contributed by atoms with van der Waals surface area (Å²) in [4.78, 5) is 24.9. The van der Waals surface area contributed by atoms with E-state index < -0.39 is 0 Å². The Bertz CT molecular complexity index is 849. The number of nitrogens with one attached hydrogen (secondary N) is 1. The number of anilines is 1. The van der Waals surface area contributed by atoms with Gasteiger partial charge in [0, 0.05) is 24.3 Å². The highest BCUT2D eigenvalue weighted by atomic mass is 16.5. The van der Waals surface area contributed by atoms with Crippen LogP contribution in [0.3, 0.4) is 0 Å². The first kappa shape index (κ1) is 20.6. The van der Waals surface area contributed by atoms with Crippen LogP contribution in [0, 0.1) is 0 Å². The number of esters is 1. The van der Waals surface area contributed by atoms with Gasteiger partial charge in [0.1, 0.15) is 6.10 Å². The van der Waals surface area contributed by atoms with Gasteiger partial charge in [0.05, 0.1) is 5.56 Å². The molecule has 4 rings (SSSR count). The number of hydrogen-bond donors (Lipinski definition) is 1. The van der Waals surface area contributed by atoms with Gasteiger partial charge in [-0.1, -0.05) is 31.4 Å². The fraction of sp³-hybridized carbons (Fsp3) is 0.440. The molecule has 5 heteroatoms. The summed E-state index contributed by atoms with van der Waals surface area (Å²) in [5.41, 5.74) is 3.12. The van der Waals surface area contributed by atoms with Gasteiger partial charge in [0.15, 0.2) is 0 Å². The Morgan fingerprint density at radius 2 is 1.43 bits per heavy atom. The average Bonchev–Trinajstić information content (AvgIpc) is 2.81. The first-order valence-electron chi connectivity index (χ1n) is 11.0. The highest BCUT2D eigenvalue weighted by Gasteiger charge is 2.19. The molecule has 157 valence electrons. The van der Waals surface area contributed by atoms with Crippen molar-refractivity contribution in [3.05, 3.63) is 65.2 Å². The van der Waals surface area contributed by atoms with Crippen molar-refractivity contribution in [3.63, 3.8) is 0 Å². The third-order valence-corrected chi connectivity index (χ3v) is 6.12. The molecule has 1 heterocycles. The zero-order valence-corrected chi connectivity index (χ0v) is 17.3. The number of carbonyl (C=O) groups is 2. The van der Waals surface area contributed by atoms with Crippen molar-refractivity contribution in [2.24, 2.45) is 0 Å². The smallest absolute Gasteiger partial charge is 0.338 e. The quantitative estimate of drug-likeness (QED) is 0.719. The first-order chi connectivity index (χ1) is 14.7. The lowest BCUT2D eigenvalue weighted by molar-refractivity contribution is 0.0227. The van der Waals surface area contributed by atoms with Gasteiger partial charge in [0.25, 0.3) is 5.91 Å². The van der Waals surface area contributed by atoms with Gasteiger partial charge in [-0.05, 0) is 73.6 Å². The standard InChI is InChI=1S/C25H29N2O3/c28-24(27-22-12-10-19(11-13-22)18-4-2-1-3-5-18)20-6-8-21(9-7-20)25(29)30-23-14-16-26-17-15-23/h6-13,18,23H,1-5,14-17H2,(H,27,28). The largest absolute Gasteiger partial charge is 0.459 e. The number of nitrogens with zero attached hydrogens (tertiary/aromatic N) is 1. The molecule has 30 heavy (non-hydrogen) atoms. The Balaban J connectivity index is 1.32. The Hall–Kier alpha value is -2.66. The van der Waals surface area contributed by atoms with Gasteiger partial charge >= 0.3 is 5.97 Å². The van der Waals surface area contributed by atoms with Gasteiger partial charge < -0.3 is 10.1 Å². The van der Waals surface area contributed by atoms with Crippen molar-refractivity contribution in [1.29, 1.82) is 0 Å². The molecule has 0 aromatic heterocycles. The molecule has 0 atom stereocenters. The molecule has 1 radical (unpaired) electrons. The summed E-state index contributed by atoms with van der Waals surface area (Å²) >= 11 is 0. The number of carbonyl (C=O) groups excluding carboxylic acids is 2. The van der Waals surface area contributed by atoms with Crippen LogP contribution in [-0.4, -0.2) is 31.1 Å². The number of amides is 1. The van der Waals surface area contributed by atoms with E-state index in [1.807, 2.05) is 12.1 Å². The van der Waals surface area contributed by atoms with Crippen LogP contribution < -0.4 is 10.6 Å². The second kappa shape index (κ2) is 9.90. The summed E-state index contributed by atoms with van der Waals surface area (Å²) in [6.07, 6.45) is 7.99. The van der Waals surface area contributed by atoms with E-state index in [0.29, 0.717) is 17.0 Å². The molecule has 2 aliphatic rings. The first-order valence-corrected chi connectivity index (χ1v) is 11.0. The third kappa shape index (κ3) is 5.28. The number of rotatable bonds is 5. The summed E-state index contributed by atoms with van der Waals surface area (Å²) in [6, 6.07) is 14.8. The van der Waals surface area contributed by atoms with Crippen LogP contribution in [0.1, 0.15) is 77.1 Å². The molecular weight excluding hydrogens is 376 g/mol. The number of benzene rings is 2. The summed E-state index contributed by atoms with van der Waals surface area (Å²) in [5.74, 6) is 0.125. The molecule has 1 saturated carbocycles. The van der Waals surface area contributed by atoms with Crippen LogP contribution in [-0.2, 0) is 4.74 Å². The van der Waals surface area contributed by atoms with E-state index in [1.54, 1.807) is 24.3 Å². The van der Waals surface area contributed by atoms with Crippen molar-refractivity contribution in [1.82, 2.24) is 5.32 Å². The van der Waals surface area contributed by atoms with E-state index in [-0.39, 0.29) is 18.0 Å². The predicted octanol–water partition coefficient (Wildman–Crippen LogP) is 4.91. The maximum atomic E-state index is 12.6. The van der Waals surface area contributed by atoms with Crippen molar-refractivity contribution in [2.75, 3.05) is 18.4 Å². The minimum Gasteiger partial charge on any atom is -0.459 e. The maximum Gasteiger partial charge on any atom is 0.338 e. The lowest BCUT2D eigenvalue weighted by Crippen LogP contribution is -2.30. The van der Waals surface area contributed by atoms with Crippen LogP contribution in [0.4, 0.5) is 5.69 Å². The maximum absolute atomic E-state index is 12.6. The lowest BCUT2D eigenvalue weighted by Gasteiger charge is -2.22. The molecule has 1 aliphatic heterocycles. The Kier molecular flexibility index (Phi) is 6.80. The van der Waals surface area contributed by atoms with Gasteiger partial charge in [-0.2, -0.15) is 0 Å². The van der Waals surface area contributed by atoms with Crippen molar-refractivity contribution >= 4 is 17.6 Å². The van der Waals surface area contributed by atoms with Crippen LogP contribution in [0.2, 0.25) is 0 Å². The van der Waals surface area contributed by atoms with Crippen molar-refractivity contribution in [3.8, 4) is 0 Å². The summed E-state index contributed by atoms with van der Waals surface area (Å²) in [6.45, 7) is 1.50. The topological polar surface area (TPSA) is 69.5 Å². The Morgan fingerprint density at radius 1 is 0.800 bits per heavy atom. The number of hydrogen-bond acceptors (Lipinski definition) is 3. The second-order valence-electron chi connectivity index (χ2n) is 8.26. The minimum atomic E-state index is -0.341. The van der Waals surface area contributed by atoms with Gasteiger partial charge in [-0.15, -0.1) is 0 Å². The SMILES string of the molecule is O=C(Nc1ccc(C2CCCCC2)cc1)c1ccc(C(=O)OC2CC[N]CC2)cc1. The molecular formula is C25H29N2O3. The van der Waals surface area contributed by atoms with Crippen LogP contribution >= 0.6 is 0 Å². The van der Waals surface area contributed by atoms with Gasteiger partial charge in [-0.3, -0.25) is 4.79 Å². The van der Waals surface area contributed by atoms with Gasteiger partial charge in [-0.25, -0.2) is 10.1 Å². The second-order valence-corrected chi connectivity index (χ2v) is 8.26. The van der Waals surface area contributed by atoms with Crippen LogP contribution in [0.15, 0.2) is 48.5 Å². The van der Waals surface area contributed by atoms with Crippen LogP contribution in [0.5, 0.6) is 0 Å². The molecule has 1 N–H and O–H groups in total. The molecule has 0 spiro atoms. The monoisotopic (exact) mass is 405 g/mol. The number of ether oxygens (including phenoxy) is 1. The molecule has 1 aliphatic carbocycles. The molecule has 1 saturated heterocycles. The predicted molar refractivity (Wildman–Crippen MR) is 117 cm³/mol. The fourth-order valence-electron chi connectivity index (χ4n) is 4.30. The van der Waals surface area contributed by atoms with Crippen LogP contribution in [0.25, 0.3) is 0 Å².